The van der Waals surface area contributed by atoms with Crippen LogP contribution in [0.1, 0.15) is 6.42 Å². The SMILES string of the molecule is O=C(O)C1CC1C(=O)Nc1cc(Br)ccc1Br. The number of carboxylic acids is 1. The Labute approximate surface area is 115 Å². The molecule has 1 aromatic rings. The van der Waals surface area contributed by atoms with Gasteiger partial charge in [0.2, 0.25) is 5.91 Å². The first-order valence-corrected chi connectivity index (χ1v) is 6.56. The fourth-order valence-electron chi connectivity index (χ4n) is 1.58. The molecular formula is C11H9Br2NO3. The molecule has 1 amide bonds. The van der Waals surface area contributed by atoms with Crippen molar-refractivity contribution in [2.75, 3.05) is 5.32 Å². The quantitative estimate of drug-likeness (QED) is 0.868. The van der Waals surface area contributed by atoms with E-state index in [0.29, 0.717) is 12.1 Å². The average molecular weight is 363 g/mol. The van der Waals surface area contributed by atoms with Crippen LogP contribution in [0.2, 0.25) is 0 Å². The Morgan fingerprint density at radius 3 is 2.59 bits per heavy atom. The van der Waals surface area contributed by atoms with E-state index >= 15 is 0 Å². The predicted octanol–water partition coefficient (Wildman–Crippen LogP) is 2.87. The lowest BCUT2D eigenvalue weighted by Gasteiger charge is -2.07. The van der Waals surface area contributed by atoms with Gasteiger partial charge in [-0.2, -0.15) is 0 Å². The Morgan fingerprint density at radius 2 is 2.00 bits per heavy atom. The van der Waals surface area contributed by atoms with Crippen LogP contribution in [0, 0.1) is 11.8 Å². The van der Waals surface area contributed by atoms with Crippen LogP contribution in [-0.2, 0) is 9.59 Å². The summed E-state index contributed by atoms with van der Waals surface area (Å²) in [6.07, 6.45) is 0.423. The minimum absolute atomic E-state index is 0.240. The molecule has 0 bridgehead atoms. The molecule has 6 heteroatoms. The van der Waals surface area contributed by atoms with E-state index in [1.165, 1.54) is 0 Å². The van der Waals surface area contributed by atoms with Crippen molar-refractivity contribution in [2.24, 2.45) is 11.8 Å². The Hall–Kier alpha value is -0.880. The maximum absolute atomic E-state index is 11.7. The van der Waals surface area contributed by atoms with E-state index in [1.54, 1.807) is 12.1 Å². The number of carboxylic acid groups (broad SMARTS) is 1. The Bertz CT molecular complexity index is 490. The van der Waals surface area contributed by atoms with E-state index in [1.807, 2.05) is 6.07 Å². The number of carbonyl (C=O) groups is 2. The summed E-state index contributed by atoms with van der Waals surface area (Å²) in [4.78, 5) is 22.4. The number of anilines is 1. The second-order valence-electron chi connectivity index (χ2n) is 3.90. The van der Waals surface area contributed by atoms with Crippen molar-refractivity contribution >= 4 is 49.4 Å². The zero-order valence-electron chi connectivity index (χ0n) is 8.61. The number of hydrogen-bond donors (Lipinski definition) is 2. The molecule has 17 heavy (non-hydrogen) atoms. The highest BCUT2D eigenvalue weighted by Gasteiger charge is 2.48. The molecule has 4 nitrogen and oxygen atoms in total. The average Bonchev–Trinajstić information content (AvgIpc) is 3.03. The van der Waals surface area contributed by atoms with E-state index in [-0.39, 0.29) is 5.91 Å². The fraction of sp³-hybridized carbons (Fsp3) is 0.273. The Kier molecular flexibility index (Phi) is 3.53. The summed E-state index contributed by atoms with van der Waals surface area (Å²) in [5.74, 6) is -2.08. The number of carbonyl (C=O) groups excluding carboxylic acids is 1. The summed E-state index contributed by atoms with van der Waals surface area (Å²) < 4.78 is 1.61. The van der Waals surface area contributed by atoms with Crippen molar-refractivity contribution in [3.63, 3.8) is 0 Å². The summed E-state index contributed by atoms with van der Waals surface area (Å²) in [5, 5.41) is 11.5. The summed E-state index contributed by atoms with van der Waals surface area (Å²) in [6.45, 7) is 0. The number of halogens is 2. The van der Waals surface area contributed by atoms with Crippen LogP contribution in [0.5, 0.6) is 0 Å². The van der Waals surface area contributed by atoms with Gasteiger partial charge in [0.25, 0.3) is 0 Å². The molecule has 2 atom stereocenters. The monoisotopic (exact) mass is 361 g/mol. The van der Waals surface area contributed by atoms with Gasteiger partial charge < -0.3 is 10.4 Å². The van der Waals surface area contributed by atoms with Crippen molar-refractivity contribution in [3.8, 4) is 0 Å². The molecule has 0 aliphatic heterocycles. The van der Waals surface area contributed by atoms with Gasteiger partial charge in [-0.25, -0.2) is 0 Å². The first kappa shape index (κ1) is 12.6. The molecule has 1 saturated carbocycles. The van der Waals surface area contributed by atoms with E-state index < -0.39 is 17.8 Å². The second kappa shape index (κ2) is 4.78. The van der Waals surface area contributed by atoms with Crippen LogP contribution in [-0.4, -0.2) is 17.0 Å². The normalized spacial score (nSPS) is 22.0. The first-order chi connectivity index (χ1) is 7.99. The third kappa shape index (κ3) is 2.87. The topological polar surface area (TPSA) is 66.4 Å². The lowest BCUT2D eigenvalue weighted by molar-refractivity contribution is -0.139. The van der Waals surface area contributed by atoms with Gasteiger partial charge in [-0.3, -0.25) is 9.59 Å². The second-order valence-corrected chi connectivity index (χ2v) is 5.67. The minimum Gasteiger partial charge on any atom is -0.481 e. The van der Waals surface area contributed by atoms with Gasteiger partial charge in [0.15, 0.2) is 0 Å². The van der Waals surface area contributed by atoms with Crippen LogP contribution in [0.15, 0.2) is 27.1 Å². The van der Waals surface area contributed by atoms with Crippen molar-refractivity contribution in [2.45, 2.75) is 6.42 Å². The fourth-order valence-corrected chi connectivity index (χ4v) is 2.28. The summed E-state index contributed by atoms with van der Waals surface area (Å²) in [6, 6.07) is 5.42. The lowest BCUT2D eigenvalue weighted by Crippen LogP contribution is -2.17. The molecule has 0 saturated heterocycles. The van der Waals surface area contributed by atoms with E-state index in [0.717, 1.165) is 8.95 Å². The number of rotatable bonds is 3. The highest BCUT2D eigenvalue weighted by Crippen LogP contribution is 2.40. The highest BCUT2D eigenvalue weighted by atomic mass is 79.9. The molecule has 0 aromatic heterocycles. The van der Waals surface area contributed by atoms with Crippen LogP contribution >= 0.6 is 31.9 Å². The van der Waals surface area contributed by atoms with Crippen molar-refractivity contribution in [1.29, 1.82) is 0 Å². The van der Waals surface area contributed by atoms with Crippen molar-refractivity contribution in [1.82, 2.24) is 0 Å². The zero-order chi connectivity index (χ0) is 12.6. The molecule has 0 spiro atoms. The molecule has 1 aliphatic rings. The summed E-state index contributed by atoms with van der Waals surface area (Å²) in [5.41, 5.74) is 0.639. The molecule has 2 rings (SSSR count). The van der Waals surface area contributed by atoms with Crippen LogP contribution < -0.4 is 5.32 Å². The maximum Gasteiger partial charge on any atom is 0.307 e. The highest BCUT2D eigenvalue weighted by molar-refractivity contribution is 9.11. The van der Waals surface area contributed by atoms with Crippen LogP contribution in [0.25, 0.3) is 0 Å². The van der Waals surface area contributed by atoms with Gasteiger partial charge in [-0.1, -0.05) is 15.9 Å². The standard InChI is InChI=1S/C11H9Br2NO3/c12-5-1-2-8(13)9(3-5)14-10(15)6-4-7(6)11(16)17/h1-3,6-7H,4H2,(H,14,15)(H,16,17). The van der Waals surface area contributed by atoms with Gasteiger partial charge >= 0.3 is 5.97 Å². The van der Waals surface area contributed by atoms with Crippen molar-refractivity contribution in [3.05, 3.63) is 27.1 Å². The van der Waals surface area contributed by atoms with Gasteiger partial charge in [-0.05, 0) is 40.5 Å². The van der Waals surface area contributed by atoms with E-state index in [4.69, 9.17) is 5.11 Å². The van der Waals surface area contributed by atoms with E-state index in [9.17, 15) is 9.59 Å². The third-order valence-electron chi connectivity index (χ3n) is 2.63. The minimum atomic E-state index is -0.904. The summed E-state index contributed by atoms with van der Waals surface area (Å²) in [7, 11) is 0. The molecule has 1 aliphatic carbocycles. The Morgan fingerprint density at radius 1 is 1.29 bits per heavy atom. The molecular weight excluding hydrogens is 354 g/mol. The predicted molar refractivity (Wildman–Crippen MR) is 69.7 cm³/mol. The molecule has 2 unspecified atom stereocenters. The third-order valence-corrected chi connectivity index (χ3v) is 3.82. The van der Waals surface area contributed by atoms with Gasteiger partial charge in [0, 0.05) is 8.95 Å². The number of amides is 1. The zero-order valence-corrected chi connectivity index (χ0v) is 11.8. The van der Waals surface area contributed by atoms with Gasteiger partial charge in [0.05, 0.1) is 17.5 Å². The largest absolute Gasteiger partial charge is 0.481 e. The molecule has 0 heterocycles. The number of hydrogen-bond acceptors (Lipinski definition) is 2. The Balaban J connectivity index is 2.04. The molecule has 0 radical (unpaired) electrons. The first-order valence-electron chi connectivity index (χ1n) is 4.98. The van der Waals surface area contributed by atoms with Gasteiger partial charge in [0.1, 0.15) is 0 Å². The molecule has 90 valence electrons. The van der Waals surface area contributed by atoms with Crippen molar-refractivity contribution < 1.29 is 14.7 Å². The molecule has 2 N–H and O–H groups in total. The van der Waals surface area contributed by atoms with Crippen LogP contribution in [0.3, 0.4) is 0 Å². The number of aliphatic carboxylic acids is 1. The lowest BCUT2D eigenvalue weighted by atomic mass is 10.2. The number of benzene rings is 1. The summed E-state index contributed by atoms with van der Waals surface area (Å²) >= 11 is 6.63. The maximum atomic E-state index is 11.7. The van der Waals surface area contributed by atoms with Crippen LogP contribution in [0.4, 0.5) is 5.69 Å². The molecule has 1 fully saturated rings. The van der Waals surface area contributed by atoms with E-state index in [2.05, 4.69) is 37.2 Å². The smallest absolute Gasteiger partial charge is 0.307 e. The molecule has 1 aromatic carbocycles. The number of nitrogens with one attached hydrogen (secondary N) is 1. The van der Waals surface area contributed by atoms with Gasteiger partial charge in [-0.15, -0.1) is 0 Å².